The highest BCUT2D eigenvalue weighted by Crippen LogP contribution is 2.64. The summed E-state index contributed by atoms with van der Waals surface area (Å²) in [4.78, 5) is 23.7. The van der Waals surface area contributed by atoms with E-state index in [2.05, 4.69) is 31.9 Å². The lowest BCUT2D eigenvalue weighted by Gasteiger charge is -2.57. The van der Waals surface area contributed by atoms with Gasteiger partial charge in [-0.15, -0.1) is 0 Å². The first-order chi connectivity index (χ1) is 14.1. The Morgan fingerprint density at radius 2 is 1.83 bits per heavy atom. The van der Waals surface area contributed by atoms with Gasteiger partial charge in [0, 0.05) is 25.8 Å². The number of aromatic nitrogens is 2. The number of carbonyl (C=O) groups is 2. The normalized spacial score (nSPS) is 39.3. The van der Waals surface area contributed by atoms with Crippen molar-refractivity contribution >= 4 is 11.9 Å². The minimum Gasteiger partial charge on any atom is -0.462 e. The van der Waals surface area contributed by atoms with Crippen LogP contribution in [-0.2, 0) is 21.4 Å². The van der Waals surface area contributed by atoms with Crippen LogP contribution in [0.15, 0.2) is 11.6 Å². The van der Waals surface area contributed by atoms with E-state index in [-0.39, 0.29) is 28.8 Å². The molecule has 4 aliphatic rings. The van der Waals surface area contributed by atoms with E-state index < -0.39 is 0 Å². The van der Waals surface area contributed by atoms with Gasteiger partial charge in [0.2, 0.25) is 5.91 Å². The van der Waals surface area contributed by atoms with Crippen LogP contribution >= 0.6 is 0 Å². The van der Waals surface area contributed by atoms with Crippen molar-refractivity contribution in [1.29, 1.82) is 0 Å². The van der Waals surface area contributed by atoms with Crippen LogP contribution in [0.25, 0.3) is 0 Å². The molecular formula is C25H34N2O3. The molecule has 30 heavy (non-hydrogen) atoms. The molecule has 0 radical (unpaired) electrons. The van der Waals surface area contributed by atoms with Crippen LogP contribution in [0.4, 0.5) is 0 Å². The van der Waals surface area contributed by atoms with Crippen molar-refractivity contribution < 1.29 is 14.3 Å². The maximum atomic E-state index is 12.2. The fourth-order valence-corrected chi connectivity index (χ4v) is 7.95. The smallest absolute Gasteiger partial charge is 0.302 e. The number of fused-ring (bicyclic) bond motifs is 7. The number of rotatable bonds is 1. The highest BCUT2D eigenvalue weighted by molar-refractivity contribution is 5.77. The monoisotopic (exact) mass is 410 g/mol. The van der Waals surface area contributed by atoms with Gasteiger partial charge in [-0.05, 0) is 74.0 Å². The molecular weight excluding hydrogens is 376 g/mol. The Kier molecular flexibility index (Phi) is 4.37. The summed E-state index contributed by atoms with van der Waals surface area (Å²) in [5, 5.41) is 4.60. The lowest BCUT2D eigenvalue weighted by atomic mass is 9.47. The SMILES string of the molecule is CC(=O)O[C@@H]1CC[C@@]2(C)C(=CC[C@H]3[C@H]2CC[C@]2(C)c4c(C)nn(C(C)=O)c4C[C@H]32)C1. The molecule has 0 unspecified atom stereocenters. The number of esters is 1. The standard InChI is InChI=1S/C25H34N2O3/c1-14-23-22(27(26-14)15(2)28)13-21-19-7-6-17-12-18(30-16(3)29)8-10-24(17,4)20(19)9-11-25(21,23)5/h6,18-21H,7-13H2,1-5H3/t18-,19+,20-,21-,24+,25+/m1/s1. The van der Waals surface area contributed by atoms with Crippen molar-refractivity contribution in [3.63, 3.8) is 0 Å². The van der Waals surface area contributed by atoms with E-state index in [1.165, 1.54) is 36.6 Å². The molecule has 6 atom stereocenters. The Morgan fingerprint density at radius 3 is 2.53 bits per heavy atom. The first-order valence-corrected chi connectivity index (χ1v) is 11.6. The molecule has 1 aromatic heterocycles. The fraction of sp³-hybridized carbons (Fsp3) is 0.720. The molecule has 0 bridgehead atoms. The zero-order valence-electron chi connectivity index (χ0n) is 19.0. The highest BCUT2D eigenvalue weighted by atomic mass is 16.5. The van der Waals surface area contributed by atoms with Crippen molar-refractivity contribution in [1.82, 2.24) is 9.78 Å². The fourth-order valence-electron chi connectivity index (χ4n) is 7.95. The molecule has 0 spiro atoms. The van der Waals surface area contributed by atoms with Gasteiger partial charge in [-0.1, -0.05) is 25.5 Å². The van der Waals surface area contributed by atoms with E-state index in [4.69, 9.17) is 4.74 Å². The summed E-state index contributed by atoms with van der Waals surface area (Å²) in [6, 6.07) is 0. The molecule has 0 saturated heterocycles. The van der Waals surface area contributed by atoms with Crippen molar-refractivity contribution in [3.8, 4) is 0 Å². The molecule has 2 saturated carbocycles. The number of hydrogen-bond acceptors (Lipinski definition) is 4. The lowest BCUT2D eigenvalue weighted by molar-refractivity contribution is -0.148. The van der Waals surface area contributed by atoms with E-state index in [0.717, 1.165) is 37.8 Å². The average molecular weight is 411 g/mol. The van der Waals surface area contributed by atoms with Gasteiger partial charge in [-0.25, -0.2) is 4.68 Å². The van der Waals surface area contributed by atoms with Crippen LogP contribution in [0.3, 0.4) is 0 Å². The number of hydrogen-bond donors (Lipinski definition) is 0. The van der Waals surface area contributed by atoms with Gasteiger partial charge in [-0.2, -0.15) is 5.10 Å². The number of aryl methyl sites for hydroxylation is 1. The second kappa shape index (κ2) is 6.54. The zero-order chi connectivity index (χ0) is 21.4. The first-order valence-electron chi connectivity index (χ1n) is 11.6. The Balaban J connectivity index is 1.47. The van der Waals surface area contributed by atoms with Gasteiger partial charge in [0.1, 0.15) is 6.10 Å². The summed E-state index contributed by atoms with van der Waals surface area (Å²) in [5.74, 6) is 1.77. The molecule has 4 aliphatic carbocycles. The van der Waals surface area contributed by atoms with Gasteiger partial charge in [-0.3, -0.25) is 9.59 Å². The predicted molar refractivity (Wildman–Crippen MR) is 114 cm³/mol. The van der Waals surface area contributed by atoms with Crippen molar-refractivity contribution in [2.75, 3.05) is 0 Å². The molecule has 0 aromatic carbocycles. The molecule has 2 fully saturated rings. The van der Waals surface area contributed by atoms with Crippen LogP contribution in [0.2, 0.25) is 0 Å². The van der Waals surface area contributed by atoms with Crippen molar-refractivity contribution in [2.45, 2.75) is 91.1 Å². The summed E-state index contributed by atoms with van der Waals surface area (Å²) in [6.45, 7) is 10.1. The number of nitrogens with zero attached hydrogens (tertiary/aromatic N) is 2. The van der Waals surface area contributed by atoms with Crippen LogP contribution in [-0.4, -0.2) is 27.8 Å². The van der Waals surface area contributed by atoms with Gasteiger partial charge in [0.15, 0.2) is 0 Å². The van der Waals surface area contributed by atoms with Gasteiger partial charge >= 0.3 is 5.97 Å². The molecule has 0 amide bonds. The van der Waals surface area contributed by atoms with Gasteiger partial charge in [0.25, 0.3) is 0 Å². The van der Waals surface area contributed by atoms with E-state index in [9.17, 15) is 9.59 Å². The third kappa shape index (κ3) is 2.63. The molecule has 162 valence electrons. The largest absolute Gasteiger partial charge is 0.462 e. The van der Waals surface area contributed by atoms with E-state index in [1.807, 2.05) is 0 Å². The minimum atomic E-state index is -0.162. The summed E-state index contributed by atoms with van der Waals surface area (Å²) in [5.41, 5.74) is 5.45. The summed E-state index contributed by atoms with van der Waals surface area (Å²) in [6.07, 6.45) is 10.00. The third-order valence-corrected chi connectivity index (χ3v) is 9.22. The third-order valence-electron chi connectivity index (χ3n) is 9.22. The second-order valence-corrected chi connectivity index (χ2v) is 10.7. The van der Waals surface area contributed by atoms with E-state index in [1.54, 1.807) is 11.6 Å². The van der Waals surface area contributed by atoms with E-state index in [0.29, 0.717) is 17.8 Å². The lowest BCUT2D eigenvalue weighted by Crippen LogP contribution is -2.51. The van der Waals surface area contributed by atoms with Crippen LogP contribution in [0.1, 0.15) is 88.0 Å². The van der Waals surface area contributed by atoms with Gasteiger partial charge in [0.05, 0.1) is 11.4 Å². The maximum absolute atomic E-state index is 12.2. The molecule has 5 rings (SSSR count). The second-order valence-electron chi connectivity index (χ2n) is 10.7. The van der Waals surface area contributed by atoms with Crippen molar-refractivity contribution in [3.05, 3.63) is 28.6 Å². The molecule has 0 aliphatic heterocycles. The first kappa shape index (κ1) is 20.0. The summed E-state index contributed by atoms with van der Waals surface area (Å²) in [7, 11) is 0. The molecule has 0 N–H and O–H groups in total. The predicted octanol–water partition coefficient (Wildman–Crippen LogP) is 4.76. The van der Waals surface area contributed by atoms with Crippen LogP contribution < -0.4 is 0 Å². The average Bonchev–Trinajstić information content (AvgIpc) is 3.16. The summed E-state index contributed by atoms with van der Waals surface area (Å²) < 4.78 is 7.25. The molecule has 5 heteroatoms. The highest BCUT2D eigenvalue weighted by Gasteiger charge is 2.59. The zero-order valence-corrected chi connectivity index (χ0v) is 19.0. The number of carbonyl (C=O) groups excluding carboxylic acids is 2. The Bertz CT molecular complexity index is 960. The van der Waals surface area contributed by atoms with Crippen LogP contribution in [0, 0.1) is 30.1 Å². The Morgan fingerprint density at radius 1 is 1.10 bits per heavy atom. The molecule has 1 heterocycles. The summed E-state index contributed by atoms with van der Waals surface area (Å²) >= 11 is 0. The quantitative estimate of drug-likeness (QED) is 0.495. The topological polar surface area (TPSA) is 61.2 Å². The van der Waals surface area contributed by atoms with Crippen molar-refractivity contribution in [2.24, 2.45) is 23.2 Å². The molecule has 1 aromatic rings. The van der Waals surface area contributed by atoms with E-state index >= 15 is 0 Å². The molecule has 5 nitrogen and oxygen atoms in total. The van der Waals surface area contributed by atoms with Gasteiger partial charge < -0.3 is 4.74 Å². The maximum Gasteiger partial charge on any atom is 0.302 e. The Hall–Kier alpha value is -1.91. The Labute approximate surface area is 179 Å². The number of ether oxygens (including phenoxy) is 1. The van der Waals surface area contributed by atoms with Crippen LogP contribution in [0.5, 0.6) is 0 Å². The number of allylic oxidation sites excluding steroid dienone is 1. The minimum absolute atomic E-state index is 0.0275.